The molecule has 1 N–H and O–H groups in total. The maximum absolute atomic E-state index is 12.1. The van der Waals surface area contributed by atoms with Gasteiger partial charge >= 0.3 is 0 Å². The number of carbonyl (C=O) groups excluding carboxylic acids is 1. The summed E-state index contributed by atoms with van der Waals surface area (Å²) < 4.78 is 15.9. The summed E-state index contributed by atoms with van der Waals surface area (Å²) in [5.74, 6) is 0.748. The van der Waals surface area contributed by atoms with Gasteiger partial charge in [-0.25, -0.2) is 5.43 Å². The van der Waals surface area contributed by atoms with Gasteiger partial charge in [-0.05, 0) is 41.0 Å². The summed E-state index contributed by atoms with van der Waals surface area (Å²) in [5, 5.41) is 15.1. The van der Waals surface area contributed by atoms with Gasteiger partial charge in [-0.3, -0.25) is 14.9 Å². The molecule has 1 aliphatic rings. The van der Waals surface area contributed by atoms with Crippen LogP contribution in [0.2, 0.25) is 0 Å². The van der Waals surface area contributed by atoms with Gasteiger partial charge < -0.3 is 14.2 Å². The van der Waals surface area contributed by atoms with Gasteiger partial charge in [0.1, 0.15) is 5.75 Å². The van der Waals surface area contributed by atoms with E-state index >= 15 is 0 Å². The molecule has 1 amide bonds. The molecule has 0 saturated heterocycles. The Kier molecular flexibility index (Phi) is 6.90. The van der Waals surface area contributed by atoms with Crippen molar-refractivity contribution in [1.82, 2.24) is 5.43 Å². The van der Waals surface area contributed by atoms with Crippen LogP contribution in [-0.4, -0.2) is 30.4 Å². The molecule has 2 aromatic carbocycles. The number of rotatable bonds is 8. The molecule has 9 nitrogen and oxygen atoms in total. The standard InChI is InChI=1S/C24H29N3O6/c1-23(2,3)14-24(4,5)17-6-8-18(9-7-17)31-13-22(28)26-25-12-16-10-20-21(33-15-32-20)11-19(16)27(29)30/h6-12H,13-15H2,1-5H3,(H,26,28)/b25-12+. The summed E-state index contributed by atoms with van der Waals surface area (Å²) >= 11 is 0. The zero-order valence-corrected chi connectivity index (χ0v) is 19.5. The van der Waals surface area contributed by atoms with Gasteiger partial charge in [-0.15, -0.1) is 0 Å². The molecule has 0 unspecified atom stereocenters. The van der Waals surface area contributed by atoms with E-state index in [0.29, 0.717) is 17.2 Å². The van der Waals surface area contributed by atoms with Crippen LogP contribution in [0, 0.1) is 15.5 Å². The van der Waals surface area contributed by atoms with E-state index in [0.717, 1.165) is 6.42 Å². The summed E-state index contributed by atoms with van der Waals surface area (Å²) in [4.78, 5) is 22.8. The molecule has 0 radical (unpaired) electrons. The topological polar surface area (TPSA) is 112 Å². The van der Waals surface area contributed by atoms with Gasteiger partial charge in [0, 0.05) is 0 Å². The lowest BCUT2D eigenvalue weighted by atomic mass is 9.72. The average Bonchev–Trinajstić information content (AvgIpc) is 3.17. The van der Waals surface area contributed by atoms with E-state index < -0.39 is 10.8 Å². The summed E-state index contributed by atoms with van der Waals surface area (Å²) in [6, 6.07) is 10.4. The Morgan fingerprint density at radius 2 is 1.79 bits per heavy atom. The molecule has 0 spiro atoms. The van der Waals surface area contributed by atoms with Crippen LogP contribution in [-0.2, 0) is 10.2 Å². The van der Waals surface area contributed by atoms with Crippen LogP contribution < -0.4 is 19.6 Å². The monoisotopic (exact) mass is 455 g/mol. The Morgan fingerprint density at radius 1 is 1.15 bits per heavy atom. The van der Waals surface area contributed by atoms with Crippen molar-refractivity contribution in [3.63, 3.8) is 0 Å². The molecule has 1 aliphatic heterocycles. The molecular formula is C24H29N3O6. The quantitative estimate of drug-likeness (QED) is 0.355. The van der Waals surface area contributed by atoms with E-state index in [1.54, 1.807) is 0 Å². The van der Waals surface area contributed by atoms with Crippen molar-refractivity contribution in [1.29, 1.82) is 0 Å². The van der Waals surface area contributed by atoms with Crippen LogP contribution in [0.3, 0.4) is 0 Å². The lowest BCUT2D eigenvalue weighted by molar-refractivity contribution is -0.385. The fraction of sp³-hybridized carbons (Fsp3) is 0.417. The maximum Gasteiger partial charge on any atom is 0.282 e. The first-order valence-corrected chi connectivity index (χ1v) is 10.6. The van der Waals surface area contributed by atoms with Gasteiger partial charge in [0.25, 0.3) is 11.6 Å². The molecule has 0 saturated carbocycles. The number of nitro benzene ring substituents is 1. The van der Waals surface area contributed by atoms with Crippen molar-refractivity contribution < 1.29 is 23.9 Å². The molecular weight excluding hydrogens is 426 g/mol. The third kappa shape index (κ3) is 6.44. The molecule has 0 aromatic heterocycles. The highest BCUT2D eigenvalue weighted by molar-refractivity contribution is 5.88. The zero-order valence-electron chi connectivity index (χ0n) is 19.5. The molecule has 9 heteroatoms. The minimum atomic E-state index is -0.555. The molecule has 0 fully saturated rings. The van der Waals surface area contributed by atoms with Crippen molar-refractivity contribution >= 4 is 17.8 Å². The number of hydrogen-bond donors (Lipinski definition) is 1. The van der Waals surface area contributed by atoms with Crippen LogP contribution in [0.25, 0.3) is 0 Å². The number of nitro groups is 1. The molecule has 1 heterocycles. The van der Waals surface area contributed by atoms with Crippen LogP contribution in [0.1, 0.15) is 52.2 Å². The zero-order chi connectivity index (χ0) is 24.2. The average molecular weight is 456 g/mol. The van der Waals surface area contributed by atoms with E-state index in [1.165, 1.54) is 23.9 Å². The fourth-order valence-corrected chi connectivity index (χ4v) is 3.99. The first-order chi connectivity index (χ1) is 15.4. The number of nitrogens with zero attached hydrogens (tertiary/aromatic N) is 2. The molecule has 0 aliphatic carbocycles. The van der Waals surface area contributed by atoms with Gasteiger partial charge in [-0.1, -0.05) is 46.8 Å². The second kappa shape index (κ2) is 9.48. The maximum atomic E-state index is 12.1. The van der Waals surface area contributed by atoms with E-state index in [4.69, 9.17) is 14.2 Å². The molecule has 176 valence electrons. The second-order valence-electron chi connectivity index (χ2n) is 9.75. The van der Waals surface area contributed by atoms with E-state index in [2.05, 4.69) is 45.1 Å². The van der Waals surface area contributed by atoms with Gasteiger partial charge in [0.15, 0.2) is 18.1 Å². The number of ether oxygens (including phenoxy) is 3. The first kappa shape index (κ1) is 24.0. The number of benzene rings is 2. The van der Waals surface area contributed by atoms with Crippen LogP contribution in [0.4, 0.5) is 5.69 Å². The number of nitrogens with one attached hydrogen (secondary N) is 1. The molecule has 0 atom stereocenters. The summed E-state index contributed by atoms with van der Waals surface area (Å²) in [6.07, 6.45) is 2.21. The number of carbonyl (C=O) groups is 1. The SMILES string of the molecule is CC(C)(C)CC(C)(C)c1ccc(OCC(=O)N/N=C/c2cc3c(cc2[N+](=O)[O-])OCO3)cc1. The predicted molar refractivity (Wildman–Crippen MR) is 124 cm³/mol. The summed E-state index contributed by atoms with van der Waals surface area (Å²) in [6.45, 7) is 10.8. The third-order valence-electron chi connectivity index (χ3n) is 5.09. The largest absolute Gasteiger partial charge is 0.484 e. The van der Waals surface area contributed by atoms with Gasteiger partial charge in [-0.2, -0.15) is 5.10 Å². The van der Waals surface area contributed by atoms with Crippen molar-refractivity contribution in [2.24, 2.45) is 10.5 Å². The smallest absolute Gasteiger partial charge is 0.282 e. The minimum absolute atomic E-state index is 0.00375. The first-order valence-electron chi connectivity index (χ1n) is 10.6. The Balaban J connectivity index is 1.55. The van der Waals surface area contributed by atoms with E-state index in [9.17, 15) is 14.9 Å². The Labute approximate surface area is 192 Å². The number of amides is 1. The third-order valence-corrected chi connectivity index (χ3v) is 5.09. The highest BCUT2D eigenvalue weighted by atomic mass is 16.7. The van der Waals surface area contributed by atoms with Crippen LogP contribution in [0.15, 0.2) is 41.5 Å². The van der Waals surface area contributed by atoms with E-state index in [1.807, 2.05) is 24.3 Å². The van der Waals surface area contributed by atoms with Crippen molar-refractivity contribution in [3.05, 3.63) is 57.6 Å². The Hall–Kier alpha value is -3.62. The molecule has 3 rings (SSSR count). The number of hydrogen-bond acceptors (Lipinski definition) is 7. The van der Waals surface area contributed by atoms with E-state index in [-0.39, 0.29) is 35.5 Å². The van der Waals surface area contributed by atoms with Crippen molar-refractivity contribution in [2.45, 2.75) is 46.5 Å². The lowest BCUT2D eigenvalue weighted by Crippen LogP contribution is -2.25. The predicted octanol–water partition coefficient (Wildman–Crippen LogP) is 4.57. The van der Waals surface area contributed by atoms with Gasteiger partial charge in [0.2, 0.25) is 6.79 Å². The molecule has 2 aromatic rings. The van der Waals surface area contributed by atoms with Crippen LogP contribution in [0.5, 0.6) is 17.2 Å². The minimum Gasteiger partial charge on any atom is -0.484 e. The highest BCUT2D eigenvalue weighted by Gasteiger charge is 2.27. The van der Waals surface area contributed by atoms with Crippen molar-refractivity contribution in [3.8, 4) is 17.2 Å². The fourth-order valence-electron chi connectivity index (χ4n) is 3.99. The lowest BCUT2D eigenvalue weighted by Gasteiger charge is -2.33. The Bertz CT molecular complexity index is 1060. The number of hydrazone groups is 1. The van der Waals surface area contributed by atoms with Crippen LogP contribution >= 0.6 is 0 Å². The summed E-state index contributed by atoms with van der Waals surface area (Å²) in [5.41, 5.74) is 3.70. The Morgan fingerprint density at radius 3 is 2.39 bits per heavy atom. The highest BCUT2D eigenvalue weighted by Crippen LogP contribution is 2.38. The molecule has 0 bridgehead atoms. The summed E-state index contributed by atoms with van der Waals surface area (Å²) in [7, 11) is 0. The second-order valence-corrected chi connectivity index (χ2v) is 9.75. The number of fused-ring (bicyclic) bond motifs is 1. The van der Waals surface area contributed by atoms with Crippen molar-refractivity contribution in [2.75, 3.05) is 13.4 Å². The van der Waals surface area contributed by atoms with Gasteiger partial charge in [0.05, 0.1) is 22.8 Å². The normalized spacial score (nSPS) is 13.2. The molecule has 33 heavy (non-hydrogen) atoms.